The number of aromatic nitrogens is 1. The van der Waals surface area contributed by atoms with E-state index in [2.05, 4.69) is 9.72 Å². The maximum Gasteiger partial charge on any atom is 0.419 e. The molecule has 0 spiro atoms. The number of esters is 1. The number of nitriles is 1. The highest BCUT2D eigenvalue weighted by Gasteiger charge is 2.38. The van der Waals surface area contributed by atoms with Crippen LogP contribution in [0.4, 0.5) is 22.0 Å². The Morgan fingerprint density at radius 2 is 2.10 bits per heavy atom. The third-order valence-electron chi connectivity index (χ3n) is 2.21. The first kappa shape index (κ1) is 15.8. The Balaban J connectivity index is 3.65. The fraction of sp³-hybridized carbons (Fsp3) is 0.364. The van der Waals surface area contributed by atoms with Gasteiger partial charge in [-0.3, -0.25) is 4.98 Å². The lowest BCUT2D eigenvalue weighted by molar-refractivity contribution is -0.138. The lowest BCUT2D eigenvalue weighted by Gasteiger charge is -2.14. The fourth-order valence-corrected chi connectivity index (χ4v) is 1.43. The zero-order valence-corrected chi connectivity index (χ0v) is 9.96. The summed E-state index contributed by atoms with van der Waals surface area (Å²) in [6, 6.07) is 1.11. The molecule has 0 aliphatic heterocycles. The topological polar surface area (TPSA) is 63.0 Å². The van der Waals surface area contributed by atoms with Crippen molar-refractivity contribution in [2.24, 2.45) is 0 Å². The van der Waals surface area contributed by atoms with Crippen molar-refractivity contribution in [3.8, 4) is 6.07 Å². The van der Waals surface area contributed by atoms with E-state index >= 15 is 0 Å². The van der Waals surface area contributed by atoms with E-state index in [0.717, 1.165) is 6.07 Å². The van der Waals surface area contributed by atoms with Gasteiger partial charge in [0.1, 0.15) is 17.3 Å². The van der Waals surface area contributed by atoms with Crippen LogP contribution in [-0.4, -0.2) is 17.6 Å². The first-order valence-electron chi connectivity index (χ1n) is 5.19. The summed E-state index contributed by atoms with van der Waals surface area (Å²) in [6.45, 7) is 1.09. The number of alkyl halides is 5. The molecule has 0 saturated heterocycles. The van der Waals surface area contributed by atoms with Crippen LogP contribution in [0.3, 0.4) is 0 Å². The van der Waals surface area contributed by atoms with Gasteiger partial charge >= 0.3 is 12.1 Å². The SMILES string of the molecule is CCOC(=O)c1c(C(F)F)ncc(C(F)(F)F)c1C#N. The van der Waals surface area contributed by atoms with Gasteiger partial charge in [0.25, 0.3) is 6.43 Å². The molecule has 0 saturated carbocycles. The van der Waals surface area contributed by atoms with Crippen LogP contribution in [0.1, 0.15) is 40.5 Å². The van der Waals surface area contributed by atoms with Crippen LogP contribution in [0.2, 0.25) is 0 Å². The molecule has 1 aromatic rings. The standard InChI is InChI=1S/C11H7F5N2O2/c1-2-20-10(19)7-5(3-17)6(11(14,15)16)4-18-8(7)9(12)13/h4,9H,2H2,1H3. The zero-order valence-electron chi connectivity index (χ0n) is 9.96. The van der Waals surface area contributed by atoms with E-state index in [1.165, 1.54) is 6.92 Å². The van der Waals surface area contributed by atoms with Crippen molar-refractivity contribution in [2.45, 2.75) is 19.5 Å². The van der Waals surface area contributed by atoms with Crippen LogP contribution in [0.25, 0.3) is 0 Å². The third-order valence-corrected chi connectivity index (χ3v) is 2.21. The van der Waals surface area contributed by atoms with Crippen molar-refractivity contribution in [3.63, 3.8) is 0 Å². The van der Waals surface area contributed by atoms with E-state index in [0.29, 0.717) is 0 Å². The van der Waals surface area contributed by atoms with Crippen molar-refractivity contribution in [3.05, 3.63) is 28.6 Å². The van der Waals surface area contributed by atoms with Gasteiger partial charge in [0, 0.05) is 6.20 Å². The number of rotatable bonds is 3. The third kappa shape index (κ3) is 3.01. The summed E-state index contributed by atoms with van der Waals surface area (Å²) < 4.78 is 67.8. The van der Waals surface area contributed by atoms with E-state index in [1.54, 1.807) is 0 Å². The molecule has 1 rings (SSSR count). The van der Waals surface area contributed by atoms with Gasteiger partial charge in [0.2, 0.25) is 0 Å². The molecule has 0 aliphatic carbocycles. The van der Waals surface area contributed by atoms with Gasteiger partial charge in [-0.2, -0.15) is 18.4 Å². The van der Waals surface area contributed by atoms with Gasteiger partial charge in [-0.15, -0.1) is 0 Å². The molecule has 4 nitrogen and oxygen atoms in total. The lowest BCUT2D eigenvalue weighted by Crippen LogP contribution is -2.18. The Kier molecular flexibility index (Phi) is 4.60. The van der Waals surface area contributed by atoms with Gasteiger partial charge in [-0.1, -0.05) is 0 Å². The number of nitrogens with zero attached hydrogens (tertiary/aromatic N) is 2. The van der Waals surface area contributed by atoms with Crippen molar-refractivity contribution in [1.82, 2.24) is 4.98 Å². The van der Waals surface area contributed by atoms with Crippen LogP contribution in [0.15, 0.2) is 6.20 Å². The highest BCUT2D eigenvalue weighted by molar-refractivity contribution is 5.94. The average molecular weight is 294 g/mol. The second-order valence-corrected chi connectivity index (χ2v) is 3.44. The van der Waals surface area contributed by atoms with Crippen molar-refractivity contribution in [1.29, 1.82) is 5.26 Å². The van der Waals surface area contributed by atoms with E-state index in [4.69, 9.17) is 5.26 Å². The van der Waals surface area contributed by atoms with E-state index in [-0.39, 0.29) is 12.8 Å². The second-order valence-electron chi connectivity index (χ2n) is 3.44. The highest BCUT2D eigenvalue weighted by Crippen LogP contribution is 2.35. The number of hydrogen-bond donors (Lipinski definition) is 0. The molecule has 1 aromatic heterocycles. The molecule has 108 valence electrons. The van der Waals surface area contributed by atoms with Crippen LogP contribution in [-0.2, 0) is 10.9 Å². The summed E-state index contributed by atoms with van der Waals surface area (Å²) in [7, 11) is 0. The summed E-state index contributed by atoms with van der Waals surface area (Å²) in [5.74, 6) is -1.45. The minimum absolute atomic E-state index is 0.1000. The first-order chi connectivity index (χ1) is 9.23. The minimum atomic E-state index is -5.00. The van der Waals surface area contributed by atoms with Crippen LogP contribution < -0.4 is 0 Å². The molecular weight excluding hydrogens is 287 g/mol. The van der Waals surface area contributed by atoms with E-state index in [1.807, 2.05) is 0 Å². The number of halogens is 5. The summed E-state index contributed by atoms with van der Waals surface area (Å²) in [5.41, 5.74) is -5.15. The summed E-state index contributed by atoms with van der Waals surface area (Å²) in [6.07, 6.45) is -8.22. The Labute approximate surface area is 109 Å². The number of carbonyl (C=O) groups excluding carboxylic acids is 1. The molecule has 9 heteroatoms. The summed E-state index contributed by atoms with van der Waals surface area (Å²) >= 11 is 0. The zero-order chi connectivity index (χ0) is 15.5. The molecule has 0 atom stereocenters. The Morgan fingerprint density at radius 1 is 1.50 bits per heavy atom. The Hall–Kier alpha value is -2.24. The van der Waals surface area contributed by atoms with Gasteiger partial charge in [0.15, 0.2) is 0 Å². The van der Waals surface area contributed by atoms with Gasteiger partial charge in [0.05, 0.1) is 17.7 Å². The van der Waals surface area contributed by atoms with Crippen LogP contribution in [0, 0.1) is 11.3 Å². The first-order valence-corrected chi connectivity index (χ1v) is 5.19. The molecule has 1 heterocycles. The predicted molar refractivity (Wildman–Crippen MR) is 54.9 cm³/mol. The molecule has 0 bridgehead atoms. The Bertz CT molecular complexity index is 563. The molecule has 0 radical (unpaired) electrons. The number of pyridine rings is 1. The van der Waals surface area contributed by atoms with Gasteiger partial charge < -0.3 is 4.74 Å². The number of carbonyl (C=O) groups is 1. The largest absolute Gasteiger partial charge is 0.462 e. The molecule has 20 heavy (non-hydrogen) atoms. The molecule has 0 fully saturated rings. The average Bonchev–Trinajstić information content (AvgIpc) is 2.35. The maximum atomic E-state index is 12.7. The monoisotopic (exact) mass is 294 g/mol. The minimum Gasteiger partial charge on any atom is -0.462 e. The van der Waals surface area contributed by atoms with Gasteiger partial charge in [-0.05, 0) is 6.92 Å². The van der Waals surface area contributed by atoms with Gasteiger partial charge in [-0.25, -0.2) is 13.6 Å². The summed E-state index contributed by atoms with van der Waals surface area (Å²) in [5, 5.41) is 8.76. The maximum absolute atomic E-state index is 12.7. The molecule has 0 unspecified atom stereocenters. The number of ether oxygens (including phenoxy) is 1. The molecule has 0 aliphatic rings. The van der Waals surface area contributed by atoms with Crippen LogP contribution in [0.5, 0.6) is 0 Å². The van der Waals surface area contributed by atoms with E-state index < -0.39 is 41.0 Å². The Morgan fingerprint density at radius 3 is 2.50 bits per heavy atom. The van der Waals surface area contributed by atoms with Crippen molar-refractivity contribution < 1.29 is 31.5 Å². The predicted octanol–water partition coefficient (Wildman–Crippen LogP) is 3.09. The van der Waals surface area contributed by atoms with Crippen molar-refractivity contribution >= 4 is 5.97 Å². The van der Waals surface area contributed by atoms with Crippen LogP contribution >= 0.6 is 0 Å². The molecule has 0 amide bonds. The smallest absolute Gasteiger partial charge is 0.419 e. The molecule has 0 aromatic carbocycles. The fourth-order valence-electron chi connectivity index (χ4n) is 1.43. The number of hydrogen-bond acceptors (Lipinski definition) is 4. The quantitative estimate of drug-likeness (QED) is 0.635. The molecule has 0 N–H and O–H groups in total. The highest BCUT2D eigenvalue weighted by atomic mass is 19.4. The molecular formula is C11H7F5N2O2. The van der Waals surface area contributed by atoms with Crippen molar-refractivity contribution in [2.75, 3.05) is 6.61 Å². The lowest BCUT2D eigenvalue weighted by atomic mass is 10.0. The summed E-state index contributed by atoms with van der Waals surface area (Å²) in [4.78, 5) is 14.4. The normalized spacial score (nSPS) is 11.3. The second kappa shape index (κ2) is 5.81. The van der Waals surface area contributed by atoms with E-state index in [9.17, 15) is 26.7 Å².